The van der Waals surface area contributed by atoms with Gasteiger partial charge in [-0.25, -0.2) is 0 Å². The first-order valence-electron chi connectivity index (χ1n) is 11.7. The SMILES string of the molecule is CCC1OC(OC2C(C)CC(N)C(OC3OC(CO)C(O)C(N)C3O)C2O)C(C)C(O)C1O. The highest BCUT2D eigenvalue weighted by Gasteiger charge is 2.50. The van der Waals surface area contributed by atoms with Crippen LogP contribution in [0.1, 0.15) is 33.6 Å². The van der Waals surface area contributed by atoms with E-state index in [1.165, 1.54) is 0 Å². The van der Waals surface area contributed by atoms with E-state index in [-0.39, 0.29) is 5.92 Å². The van der Waals surface area contributed by atoms with Crippen LogP contribution in [0.25, 0.3) is 0 Å². The number of ether oxygens (including phenoxy) is 4. The Labute approximate surface area is 193 Å². The summed E-state index contributed by atoms with van der Waals surface area (Å²) in [5.74, 6) is -0.744. The second kappa shape index (κ2) is 11.1. The molecule has 12 nitrogen and oxygen atoms in total. The van der Waals surface area contributed by atoms with Crippen LogP contribution in [0.3, 0.4) is 0 Å². The van der Waals surface area contributed by atoms with Crippen molar-refractivity contribution in [1.29, 1.82) is 0 Å². The molecule has 3 aliphatic rings. The molecular weight excluding hydrogens is 440 g/mol. The lowest BCUT2D eigenvalue weighted by Crippen LogP contribution is -2.66. The predicted octanol–water partition coefficient (Wildman–Crippen LogP) is -3.26. The topological polar surface area (TPSA) is 210 Å². The number of nitrogens with two attached hydrogens (primary N) is 2. The lowest BCUT2D eigenvalue weighted by Gasteiger charge is -2.48. The maximum atomic E-state index is 11.1. The Morgan fingerprint density at radius 1 is 0.788 bits per heavy atom. The van der Waals surface area contributed by atoms with Gasteiger partial charge in [-0.1, -0.05) is 20.8 Å². The zero-order valence-electron chi connectivity index (χ0n) is 19.3. The molecule has 2 heterocycles. The smallest absolute Gasteiger partial charge is 0.186 e. The summed E-state index contributed by atoms with van der Waals surface area (Å²) in [5, 5.41) is 61.6. The van der Waals surface area contributed by atoms with Gasteiger partial charge in [0.15, 0.2) is 12.6 Å². The summed E-state index contributed by atoms with van der Waals surface area (Å²) in [6.45, 7) is 4.84. The van der Waals surface area contributed by atoms with Gasteiger partial charge < -0.3 is 61.1 Å². The van der Waals surface area contributed by atoms with E-state index in [2.05, 4.69) is 0 Å². The Morgan fingerprint density at radius 2 is 1.39 bits per heavy atom. The van der Waals surface area contributed by atoms with Crippen molar-refractivity contribution in [1.82, 2.24) is 0 Å². The first kappa shape index (κ1) is 27.1. The van der Waals surface area contributed by atoms with E-state index in [1.807, 2.05) is 13.8 Å². The van der Waals surface area contributed by atoms with Crippen LogP contribution in [0.5, 0.6) is 0 Å². The first-order chi connectivity index (χ1) is 15.5. The number of hydrogen-bond acceptors (Lipinski definition) is 12. The van der Waals surface area contributed by atoms with E-state index in [4.69, 9.17) is 30.4 Å². The molecule has 15 atom stereocenters. The molecule has 0 amide bonds. The highest BCUT2D eigenvalue weighted by Crippen LogP contribution is 2.35. The van der Waals surface area contributed by atoms with Crippen LogP contribution in [0.15, 0.2) is 0 Å². The van der Waals surface area contributed by atoms with E-state index < -0.39 is 92.1 Å². The minimum Gasteiger partial charge on any atom is -0.394 e. The van der Waals surface area contributed by atoms with E-state index >= 15 is 0 Å². The Balaban J connectivity index is 1.72. The molecule has 2 saturated heterocycles. The molecule has 0 aromatic heterocycles. The lowest BCUT2D eigenvalue weighted by molar-refractivity contribution is -0.328. The van der Waals surface area contributed by atoms with Crippen molar-refractivity contribution in [3.63, 3.8) is 0 Å². The van der Waals surface area contributed by atoms with Crippen molar-refractivity contribution in [3.8, 4) is 0 Å². The van der Waals surface area contributed by atoms with Gasteiger partial charge in [0, 0.05) is 12.0 Å². The second-order valence-corrected chi connectivity index (χ2v) is 9.64. The quantitative estimate of drug-likeness (QED) is 0.188. The predicted molar refractivity (Wildman–Crippen MR) is 113 cm³/mol. The normalized spacial score (nSPS) is 53.7. The molecule has 0 radical (unpaired) electrons. The Kier molecular flexibility index (Phi) is 9.09. The lowest BCUT2D eigenvalue weighted by atomic mass is 9.80. The van der Waals surface area contributed by atoms with Crippen molar-refractivity contribution in [2.45, 2.75) is 113 Å². The summed E-state index contributed by atoms with van der Waals surface area (Å²) in [4.78, 5) is 0. The molecule has 0 spiro atoms. The number of hydrogen-bond donors (Lipinski definition) is 8. The highest BCUT2D eigenvalue weighted by atomic mass is 16.7. The minimum atomic E-state index is -1.41. The van der Waals surface area contributed by atoms with E-state index in [0.29, 0.717) is 12.8 Å². The Bertz CT molecular complexity index is 578. The third-order valence-electron chi connectivity index (χ3n) is 7.23. The number of aliphatic hydroxyl groups excluding tert-OH is 6. The van der Waals surface area contributed by atoms with E-state index in [9.17, 15) is 30.6 Å². The average molecular weight is 481 g/mol. The van der Waals surface area contributed by atoms with E-state index in [0.717, 1.165) is 0 Å². The van der Waals surface area contributed by atoms with Crippen molar-refractivity contribution in [3.05, 3.63) is 0 Å². The van der Waals surface area contributed by atoms with Crippen LogP contribution < -0.4 is 11.5 Å². The molecular formula is C21H40N2O10. The van der Waals surface area contributed by atoms with Gasteiger partial charge in [0.25, 0.3) is 0 Å². The molecule has 10 N–H and O–H groups in total. The molecule has 0 aromatic carbocycles. The van der Waals surface area contributed by atoms with Crippen LogP contribution in [-0.4, -0.2) is 117 Å². The summed E-state index contributed by atoms with van der Waals surface area (Å²) in [7, 11) is 0. The molecule has 33 heavy (non-hydrogen) atoms. The second-order valence-electron chi connectivity index (χ2n) is 9.64. The summed E-state index contributed by atoms with van der Waals surface area (Å²) in [6, 6.07) is -1.75. The summed E-state index contributed by atoms with van der Waals surface area (Å²) >= 11 is 0. The molecule has 1 aliphatic carbocycles. The van der Waals surface area contributed by atoms with Crippen molar-refractivity contribution in [2.75, 3.05) is 6.61 Å². The molecule has 3 fully saturated rings. The molecule has 3 rings (SSSR count). The zero-order chi connectivity index (χ0) is 24.6. The van der Waals surface area contributed by atoms with Crippen LogP contribution in [0, 0.1) is 11.8 Å². The van der Waals surface area contributed by atoms with Gasteiger partial charge in [0.05, 0.1) is 31.0 Å². The van der Waals surface area contributed by atoms with Crippen molar-refractivity contribution >= 4 is 0 Å². The van der Waals surface area contributed by atoms with Gasteiger partial charge >= 0.3 is 0 Å². The molecule has 0 bridgehead atoms. The molecule has 15 unspecified atom stereocenters. The van der Waals surface area contributed by atoms with Crippen molar-refractivity contribution in [2.24, 2.45) is 23.3 Å². The Hall–Kier alpha value is -0.480. The van der Waals surface area contributed by atoms with Crippen LogP contribution in [0.4, 0.5) is 0 Å². The summed E-state index contributed by atoms with van der Waals surface area (Å²) in [5.41, 5.74) is 12.1. The maximum absolute atomic E-state index is 11.1. The van der Waals surface area contributed by atoms with Gasteiger partial charge in [-0.05, 0) is 18.8 Å². The molecule has 194 valence electrons. The fourth-order valence-corrected chi connectivity index (χ4v) is 4.97. The van der Waals surface area contributed by atoms with Crippen LogP contribution in [0.2, 0.25) is 0 Å². The first-order valence-corrected chi connectivity index (χ1v) is 11.7. The fourth-order valence-electron chi connectivity index (χ4n) is 4.97. The van der Waals surface area contributed by atoms with E-state index in [1.54, 1.807) is 6.92 Å². The molecule has 0 aromatic rings. The van der Waals surface area contributed by atoms with Crippen LogP contribution in [-0.2, 0) is 18.9 Å². The van der Waals surface area contributed by atoms with Crippen molar-refractivity contribution < 1.29 is 49.6 Å². The maximum Gasteiger partial charge on any atom is 0.186 e. The standard InChI is InChI=1S/C21H40N2O10/c1-4-10-15(27)13(25)8(3)20(30-10)32-18-7(2)5-9(22)19(17(18)29)33-21-16(28)12(23)14(26)11(6-24)31-21/h7-21,24-29H,4-6,22-23H2,1-3H3. The van der Waals surface area contributed by atoms with Gasteiger partial charge in [0.2, 0.25) is 0 Å². The minimum absolute atomic E-state index is 0.193. The third-order valence-corrected chi connectivity index (χ3v) is 7.23. The largest absolute Gasteiger partial charge is 0.394 e. The molecule has 1 saturated carbocycles. The van der Waals surface area contributed by atoms with Gasteiger partial charge in [-0.3, -0.25) is 0 Å². The average Bonchev–Trinajstić information content (AvgIpc) is 2.79. The van der Waals surface area contributed by atoms with Crippen LogP contribution >= 0.6 is 0 Å². The number of aliphatic hydroxyl groups is 6. The number of rotatable bonds is 6. The summed E-state index contributed by atoms with van der Waals surface area (Å²) in [6.07, 6.45) is -10.8. The third kappa shape index (κ3) is 5.37. The zero-order valence-corrected chi connectivity index (χ0v) is 19.3. The Morgan fingerprint density at radius 3 is 2.00 bits per heavy atom. The molecule has 12 heteroatoms. The molecule has 2 aliphatic heterocycles. The monoisotopic (exact) mass is 480 g/mol. The highest BCUT2D eigenvalue weighted by molar-refractivity contribution is 4.98. The fraction of sp³-hybridized carbons (Fsp3) is 1.00. The van der Waals surface area contributed by atoms with Gasteiger partial charge in [-0.15, -0.1) is 0 Å². The van der Waals surface area contributed by atoms with Gasteiger partial charge in [0.1, 0.15) is 36.6 Å². The van der Waals surface area contributed by atoms with Gasteiger partial charge in [-0.2, -0.15) is 0 Å². The summed E-state index contributed by atoms with van der Waals surface area (Å²) < 4.78 is 23.3.